The maximum atomic E-state index is 12.7. The first-order valence-electron chi connectivity index (χ1n) is 8.78. The summed E-state index contributed by atoms with van der Waals surface area (Å²) >= 11 is 0. The van der Waals surface area contributed by atoms with Crippen molar-refractivity contribution >= 4 is 17.2 Å². The molecule has 2 aromatic heterocycles. The molecule has 0 aliphatic rings. The highest BCUT2D eigenvalue weighted by Gasteiger charge is 2.25. The highest BCUT2D eigenvalue weighted by atomic mass is 16.5. The van der Waals surface area contributed by atoms with Gasteiger partial charge in [0.05, 0.1) is 17.9 Å². The van der Waals surface area contributed by atoms with Crippen LogP contribution in [0.4, 0.5) is 0 Å². The van der Waals surface area contributed by atoms with Crippen molar-refractivity contribution in [1.82, 2.24) is 9.97 Å². The van der Waals surface area contributed by atoms with Crippen LogP contribution in [0.2, 0.25) is 0 Å². The van der Waals surface area contributed by atoms with Gasteiger partial charge in [-0.25, -0.2) is 14.8 Å². The Morgan fingerprint density at radius 3 is 2.22 bits per heavy atom. The van der Waals surface area contributed by atoms with Gasteiger partial charge in [-0.15, -0.1) is 0 Å². The van der Waals surface area contributed by atoms with E-state index in [4.69, 9.17) is 9.15 Å². The van der Waals surface area contributed by atoms with Crippen molar-refractivity contribution in [3.05, 3.63) is 71.9 Å². The summed E-state index contributed by atoms with van der Waals surface area (Å²) < 4.78 is 11.2. The zero-order valence-corrected chi connectivity index (χ0v) is 15.1. The molecule has 0 amide bonds. The molecule has 0 bridgehead atoms. The van der Waals surface area contributed by atoms with E-state index in [1.54, 1.807) is 13.8 Å². The number of pyridine rings is 1. The van der Waals surface area contributed by atoms with Crippen LogP contribution in [-0.4, -0.2) is 22.5 Å². The molecule has 0 atom stereocenters. The van der Waals surface area contributed by atoms with Gasteiger partial charge in [-0.1, -0.05) is 48.5 Å². The summed E-state index contributed by atoms with van der Waals surface area (Å²) in [6, 6.07) is 19.3. The SMILES string of the molecule is CCOC(=O)c1c(C)nc2oc(-c3ccccc3)nc2c1-c1ccccc1. The molecular weight excluding hydrogens is 340 g/mol. The van der Waals surface area contributed by atoms with E-state index in [1.807, 2.05) is 60.7 Å². The number of hydrogen-bond donors (Lipinski definition) is 0. The molecule has 0 aliphatic carbocycles. The summed E-state index contributed by atoms with van der Waals surface area (Å²) in [6.07, 6.45) is 0. The molecule has 0 unspecified atom stereocenters. The number of oxazole rings is 1. The Bertz CT molecular complexity index is 1100. The summed E-state index contributed by atoms with van der Waals surface area (Å²) in [6.45, 7) is 3.85. The highest BCUT2D eigenvalue weighted by molar-refractivity contribution is 6.06. The van der Waals surface area contributed by atoms with E-state index < -0.39 is 5.97 Å². The van der Waals surface area contributed by atoms with Crippen LogP contribution in [0.3, 0.4) is 0 Å². The summed E-state index contributed by atoms with van der Waals surface area (Å²) in [5, 5.41) is 0. The Balaban J connectivity index is 2.02. The fourth-order valence-corrected chi connectivity index (χ4v) is 3.10. The second-order valence-corrected chi connectivity index (χ2v) is 6.07. The van der Waals surface area contributed by atoms with Crippen molar-refractivity contribution in [2.24, 2.45) is 0 Å². The van der Waals surface area contributed by atoms with E-state index >= 15 is 0 Å². The van der Waals surface area contributed by atoms with Crippen molar-refractivity contribution in [2.75, 3.05) is 6.61 Å². The number of rotatable bonds is 4. The summed E-state index contributed by atoms with van der Waals surface area (Å²) in [4.78, 5) is 21.8. The van der Waals surface area contributed by atoms with Gasteiger partial charge in [0.1, 0.15) is 5.52 Å². The van der Waals surface area contributed by atoms with E-state index in [-0.39, 0.29) is 0 Å². The Morgan fingerprint density at radius 2 is 1.59 bits per heavy atom. The molecule has 0 saturated heterocycles. The third-order valence-corrected chi connectivity index (χ3v) is 4.29. The molecule has 5 heteroatoms. The molecular formula is C22H18N2O3. The second kappa shape index (κ2) is 7.03. The minimum Gasteiger partial charge on any atom is -0.462 e. The van der Waals surface area contributed by atoms with E-state index in [2.05, 4.69) is 9.97 Å². The van der Waals surface area contributed by atoms with E-state index in [1.165, 1.54) is 0 Å². The first-order chi connectivity index (χ1) is 13.2. The van der Waals surface area contributed by atoms with Crippen molar-refractivity contribution < 1.29 is 13.9 Å². The van der Waals surface area contributed by atoms with Gasteiger partial charge < -0.3 is 9.15 Å². The molecule has 27 heavy (non-hydrogen) atoms. The normalized spacial score (nSPS) is 10.9. The van der Waals surface area contributed by atoms with Gasteiger partial charge in [0.2, 0.25) is 11.6 Å². The molecule has 0 spiro atoms. The number of esters is 1. The van der Waals surface area contributed by atoms with Crippen LogP contribution in [0, 0.1) is 6.92 Å². The molecule has 2 aromatic carbocycles. The predicted octanol–water partition coefficient (Wildman–Crippen LogP) is 5.04. The fourth-order valence-electron chi connectivity index (χ4n) is 3.10. The van der Waals surface area contributed by atoms with E-state index in [0.717, 1.165) is 11.1 Å². The minimum atomic E-state index is -0.410. The molecule has 2 heterocycles. The number of fused-ring (bicyclic) bond motifs is 1. The number of hydrogen-bond acceptors (Lipinski definition) is 5. The van der Waals surface area contributed by atoms with Crippen LogP contribution in [0.25, 0.3) is 33.8 Å². The van der Waals surface area contributed by atoms with Gasteiger partial charge in [0.25, 0.3) is 0 Å². The van der Waals surface area contributed by atoms with Gasteiger partial charge in [-0.3, -0.25) is 0 Å². The number of aromatic nitrogens is 2. The third kappa shape index (κ3) is 3.08. The first kappa shape index (κ1) is 17.0. The lowest BCUT2D eigenvalue weighted by molar-refractivity contribution is 0.0526. The first-order valence-corrected chi connectivity index (χ1v) is 8.78. The lowest BCUT2D eigenvalue weighted by Gasteiger charge is -2.11. The standard InChI is InChI=1S/C22H18N2O3/c1-3-26-22(25)17-14(2)23-21-19(18(17)15-10-6-4-7-11-15)24-20(27-21)16-12-8-5-9-13-16/h4-13H,3H2,1-2H3. The van der Waals surface area contributed by atoms with Crippen LogP contribution in [0.15, 0.2) is 65.1 Å². The summed E-state index contributed by atoms with van der Waals surface area (Å²) in [5.41, 5.74) is 4.32. The fraction of sp³-hybridized carbons (Fsp3) is 0.136. The molecule has 0 fully saturated rings. The number of aryl methyl sites for hydroxylation is 1. The van der Waals surface area contributed by atoms with Crippen LogP contribution < -0.4 is 0 Å². The third-order valence-electron chi connectivity index (χ3n) is 4.29. The number of ether oxygens (including phenoxy) is 1. The van der Waals surface area contributed by atoms with E-state index in [0.29, 0.717) is 40.5 Å². The topological polar surface area (TPSA) is 65.2 Å². The largest absolute Gasteiger partial charge is 0.462 e. The summed E-state index contributed by atoms with van der Waals surface area (Å²) in [7, 11) is 0. The maximum Gasteiger partial charge on any atom is 0.340 e. The second-order valence-electron chi connectivity index (χ2n) is 6.07. The zero-order valence-electron chi connectivity index (χ0n) is 15.1. The van der Waals surface area contributed by atoms with Gasteiger partial charge >= 0.3 is 5.97 Å². The number of carbonyl (C=O) groups excluding carboxylic acids is 1. The Morgan fingerprint density at radius 1 is 0.963 bits per heavy atom. The molecule has 5 nitrogen and oxygen atoms in total. The van der Waals surface area contributed by atoms with Crippen LogP contribution >= 0.6 is 0 Å². The van der Waals surface area contributed by atoms with Crippen LogP contribution in [0.5, 0.6) is 0 Å². The smallest absolute Gasteiger partial charge is 0.340 e. The van der Waals surface area contributed by atoms with Gasteiger partial charge in [0.15, 0.2) is 0 Å². The molecule has 0 aliphatic heterocycles. The lowest BCUT2D eigenvalue weighted by Crippen LogP contribution is -2.10. The number of nitrogens with zero attached hydrogens (tertiary/aromatic N) is 2. The number of carbonyl (C=O) groups is 1. The molecule has 134 valence electrons. The highest BCUT2D eigenvalue weighted by Crippen LogP contribution is 2.35. The molecule has 4 aromatic rings. The van der Waals surface area contributed by atoms with Crippen LogP contribution in [0.1, 0.15) is 23.0 Å². The summed E-state index contributed by atoms with van der Waals surface area (Å²) in [5.74, 6) is 0.0585. The quantitative estimate of drug-likeness (QED) is 0.478. The lowest BCUT2D eigenvalue weighted by atomic mass is 9.98. The van der Waals surface area contributed by atoms with E-state index in [9.17, 15) is 4.79 Å². The molecule has 0 radical (unpaired) electrons. The van der Waals surface area contributed by atoms with Gasteiger partial charge in [0, 0.05) is 11.1 Å². The van der Waals surface area contributed by atoms with Crippen molar-refractivity contribution in [3.8, 4) is 22.6 Å². The predicted molar refractivity (Wildman–Crippen MR) is 103 cm³/mol. The Kier molecular flexibility index (Phi) is 4.42. The number of benzene rings is 2. The van der Waals surface area contributed by atoms with Gasteiger partial charge in [-0.2, -0.15) is 0 Å². The molecule has 0 N–H and O–H groups in total. The van der Waals surface area contributed by atoms with Crippen molar-refractivity contribution in [3.63, 3.8) is 0 Å². The Labute approximate surface area is 156 Å². The van der Waals surface area contributed by atoms with Crippen LogP contribution in [-0.2, 0) is 4.74 Å². The van der Waals surface area contributed by atoms with Crippen molar-refractivity contribution in [1.29, 1.82) is 0 Å². The molecule has 0 saturated carbocycles. The maximum absolute atomic E-state index is 12.7. The average Bonchev–Trinajstić information content (AvgIpc) is 3.12. The zero-order chi connectivity index (χ0) is 18.8. The van der Waals surface area contributed by atoms with Crippen molar-refractivity contribution in [2.45, 2.75) is 13.8 Å². The average molecular weight is 358 g/mol. The Hall–Kier alpha value is -3.47. The van der Waals surface area contributed by atoms with Gasteiger partial charge in [-0.05, 0) is 31.5 Å². The molecule has 4 rings (SSSR count). The monoisotopic (exact) mass is 358 g/mol. The minimum absolute atomic E-state index is 0.290.